The van der Waals surface area contributed by atoms with Gasteiger partial charge in [-0.2, -0.15) is 5.10 Å². The van der Waals surface area contributed by atoms with Crippen molar-refractivity contribution in [3.8, 4) is 0 Å². The van der Waals surface area contributed by atoms with E-state index in [1.165, 1.54) is 0 Å². The van der Waals surface area contributed by atoms with Gasteiger partial charge in [0.1, 0.15) is 11.9 Å². The zero-order valence-corrected chi connectivity index (χ0v) is 15.3. The Bertz CT molecular complexity index is 1180. The summed E-state index contributed by atoms with van der Waals surface area (Å²) in [6, 6.07) is 16.4. The highest BCUT2D eigenvalue weighted by Gasteiger charge is 2.21. The Kier molecular flexibility index (Phi) is 4.72. The molecule has 1 amide bonds. The number of aromatic nitrogens is 4. The third kappa shape index (κ3) is 3.42. The Hall–Kier alpha value is -3.74. The highest BCUT2D eigenvalue weighted by Crippen LogP contribution is 2.21. The molecule has 140 valence electrons. The van der Waals surface area contributed by atoms with Gasteiger partial charge in [0.05, 0.1) is 17.5 Å². The van der Waals surface area contributed by atoms with Crippen LogP contribution in [-0.4, -0.2) is 25.7 Å². The van der Waals surface area contributed by atoms with E-state index in [1.807, 2.05) is 54.2 Å². The minimum atomic E-state index is -0.386. The second-order valence-corrected chi connectivity index (χ2v) is 6.53. The summed E-state index contributed by atoms with van der Waals surface area (Å²) < 4.78 is 1.88. The number of hydrogen-bond donors (Lipinski definition) is 2. The molecule has 2 N–H and O–H groups in total. The summed E-state index contributed by atoms with van der Waals surface area (Å²) in [5, 5.41) is 10.8. The highest BCUT2D eigenvalue weighted by atomic mass is 16.1. The molecule has 7 heteroatoms. The summed E-state index contributed by atoms with van der Waals surface area (Å²) in [6.45, 7) is 0. The van der Waals surface area contributed by atoms with E-state index in [2.05, 4.69) is 20.5 Å². The fourth-order valence-electron chi connectivity index (χ4n) is 3.27. The number of rotatable bonds is 5. The number of carbonyl (C=O) groups is 1. The van der Waals surface area contributed by atoms with Crippen LogP contribution < -0.4 is 10.9 Å². The van der Waals surface area contributed by atoms with Gasteiger partial charge in [0, 0.05) is 24.8 Å². The van der Waals surface area contributed by atoms with Gasteiger partial charge in [-0.05, 0) is 11.6 Å². The molecule has 2 heterocycles. The number of imidazole rings is 1. The number of nitrogens with zero attached hydrogens (tertiary/aromatic N) is 3. The Balaban J connectivity index is 1.64. The second-order valence-electron chi connectivity index (χ2n) is 6.53. The minimum absolute atomic E-state index is 0.0467. The van der Waals surface area contributed by atoms with Crippen molar-refractivity contribution in [1.82, 2.24) is 25.1 Å². The van der Waals surface area contributed by atoms with Crippen molar-refractivity contribution in [2.75, 3.05) is 0 Å². The number of fused-ring (bicyclic) bond motifs is 1. The SMILES string of the molecule is Cn1ccnc1[C@H](NC(=O)Cc1n[nH]c(=O)c2ccccc12)c1ccccc1. The minimum Gasteiger partial charge on any atom is -0.342 e. The molecule has 2 aromatic heterocycles. The molecule has 0 aliphatic carbocycles. The Morgan fingerprint density at radius 2 is 1.82 bits per heavy atom. The molecule has 0 saturated carbocycles. The Morgan fingerprint density at radius 1 is 1.11 bits per heavy atom. The lowest BCUT2D eigenvalue weighted by molar-refractivity contribution is -0.121. The summed E-state index contributed by atoms with van der Waals surface area (Å²) in [5.74, 6) is 0.528. The zero-order chi connectivity index (χ0) is 19.5. The molecule has 0 aliphatic heterocycles. The summed E-state index contributed by atoms with van der Waals surface area (Å²) >= 11 is 0. The predicted octanol–water partition coefficient (Wildman–Crippen LogP) is 2.10. The molecule has 0 fully saturated rings. The van der Waals surface area contributed by atoms with Gasteiger partial charge < -0.3 is 9.88 Å². The lowest BCUT2D eigenvalue weighted by atomic mass is 10.1. The van der Waals surface area contributed by atoms with Crippen molar-refractivity contribution >= 4 is 16.7 Å². The molecule has 1 atom stereocenters. The number of carbonyl (C=O) groups excluding carboxylic acids is 1. The quantitative estimate of drug-likeness (QED) is 0.560. The molecule has 0 aliphatic rings. The average Bonchev–Trinajstić information content (AvgIpc) is 3.15. The maximum atomic E-state index is 12.9. The van der Waals surface area contributed by atoms with Gasteiger partial charge in [0.15, 0.2) is 0 Å². The van der Waals surface area contributed by atoms with E-state index in [9.17, 15) is 9.59 Å². The largest absolute Gasteiger partial charge is 0.342 e. The van der Waals surface area contributed by atoms with E-state index >= 15 is 0 Å². The molecule has 7 nitrogen and oxygen atoms in total. The first kappa shape index (κ1) is 17.7. The Labute approximate surface area is 161 Å². The fraction of sp³-hybridized carbons (Fsp3) is 0.143. The molecular weight excluding hydrogens is 354 g/mol. The van der Waals surface area contributed by atoms with Crippen LogP contribution >= 0.6 is 0 Å². The first-order chi connectivity index (χ1) is 13.6. The van der Waals surface area contributed by atoms with Crippen LogP contribution in [0.2, 0.25) is 0 Å². The van der Waals surface area contributed by atoms with E-state index in [1.54, 1.807) is 24.4 Å². The number of hydrogen-bond acceptors (Lipinski definition) is 4. The van der Waals surface area contributed by atoms with Crippen molar-refractivity contribution in [1.29, 1.82) is 0 Å². The lowest BCUT2D eigenvalue weighted by Crippen LogP contribution is -2.32. The van der Waals surface area contributed by atoms with Crippen molar-refractivity contribution in [3.05, 3.63) is 94.4 Å². The van der Waals surface area contributed by atoms with Crippen LogP contribution in [0.4, 0.5) is 0 Å². The normalized spacial score (nSPS) is 12.0. The monoisotopic (exact) mass is 373 g/mol. The molecule has 4 aromatic rings. The second kappa shape index (κ2) is 7.48. The third-order valence-electron chi connectivity index (χ3n) is 4.66. The molecule has 0 spiro atoms. The Morgan fingerprint density at radius 3 is 2.54 bits per heavy atom. The molecule has 2 aromatic carbocycles. The number of H-pyrrole nitrogens is 1. The fourth-order valence-corrected chi connectivity index (χ4v) is 3.27. The van der Waals surface area contributed by atoms with Crippen LogP contribution in [0.5, 0.6) is 0 Å². The number of benzene rings is 2. The van der Waals surface area contributed by atoms with Gasteiger partial charge in [-0.15, -0.1) is 0 Å². The van der Waals surface area contributed by atoms with Crippen molar-refractivity contribution < 1.29 is 4.79 Å². The van der Waals surface area contributed by atoms with Crippen molar-refractivity contribution in [2.24, 2.45) is 7.05 Å². The summed E-state index contributed by atoms with van der Waals surface area (Å²) in [5.41, 5.74) is 1.19. The van der Waals surface area contributed by atoms with E-state index in [-0.39, 0.29) is 23.9 Å². The van der Waals surface area contributed by atoms with Crippen LogP contribution in [0.15, 0.2) is 71.8 Å². The standard InChI is InChI=1S/C21H19N5O2/c1-26-12-11-22-20(26)19(14-7-3-2-4-8-14)23-18(27)13-17-15-9-5-6-10-16(15)21(28)25-24-17/h2-12,19H,13H2,1H3,(H,23,27)(H,25,28)/t19-/m1/s1. The van der Waals surface area contributed by atoms with Crippen molar-refractivity contribution in [2.45, 2.75) is 12.5 Å². The van der Waals surface area contributed by atoms with E-state index in [0.29, 0.717) is 16.5 Å². The van der Waals surface area contributed by atoms with Crippen LogP contribution in [0, 0.1) is 0 Å². The molecule has 0 radical (unpaired) electrons. The summed E-state index contributed by atoms with van der Waals surface area (Å²) in [4.78, 5) is 29.2. The highest BCUT2D eigenvalue weighted by molar-refractivity contribution is 5.88. The first-order valence-electron chi connectivity index (χ1n) is 8.91. The van der Waals surface area contributed by atoms with Gasteiger partial charge in [-0.3, -0.25) is 9.59 Å². The van der Waals surface area contributed by atoms with Gasteiger partial charge in [0.2, 0.25) is 5.91 Å². The molecular formula is C21H19N5O2. The summed E-state index contributed by atoms with van der Waals surface area (Å²) in [6.07, 6.45) is 3.59. The number of aryl methyl sites for hydroxylation is 1. The van der Waals surface area contributed by atoms with Crippen LogP contribution in [0.1, 0.15) is 23.1 Å². The smallest absolute Gasteiger partial charge is 0.272 e. The van der Waals surface area contributed by atoms with Crippen LogP contribution in [0.3, 0.4) is 0 Å². The first-order valence-corrected chi connectivity index (χ1v) is 8.91. The molecule has 0 saturated heterocycles. The maximum Gasteiger partial charge on any atom is 0.272 e. The number of nitrogens with one attached hydrogen (secondary N) is 2. The maximum absolute atomic E-state index is 12.9. The van der Waals surface area contributed by atoms with Crippen LogP contribution in [-0.2, 0) is 18.3 Å². The molecule has 4 rings (SSSR count). The zero-order valence-electron chi connectivity index (χ0n) is 15.3. The van der Waals surface area contributed by atoms with Gasteiger partial charge >= 0.3 is 0 Å². The molecule has 0 bridgehead atoms. The van der Waals surface area contributed by atoms with Gasteiger partial charge in [-0.25, -0.2) is 10.1 Å². The molecule has 28 heavy (non-hydrogen) atoms. The summed E-state index contributed by atoms with van der Waals surface area (Å²) in [7, 11) is 1.89. The van der Waals surface area contributed by atoms with Crippen molar-refractivity contribution in [3.63, 3.8) is 0 Å². The third-order valence-corrected chi connectivity index (χ3v) is 4.66. The molecule has 0 unspecified atom stereocenters. The lowest BCUT2D eigenvalue weighted by Gasteiger charge is -2.19. The van der Waals surface area contributed by atoms with E-state index < -0.39 is 0 Å². The average molecular weight is 373 g/mol. The predicted molar refractivity (Wildman–Crippen MR) is 106 cm³/mol. The van der Waals surface area contributed by atoms with E-state index in [0.717, 1.165) is 11.4 Å². The van der Waals surface area contributed by atoms with Crippen LogP contribution in [0.25, 0.3) is 10.8 Å². The van der Waals surface area contributed by atoms with Gasteiger partial charge in [0.25, 0.3) is 5.56 Å². The number of amides is 1. The van der Waals surface area contributed by atoms with Gasteiger partial charge in [-0.1, -0.05) is 48.5 Å². The topological polar surface area (TPSA) is 92.7 Å². The van der Waals surface area contributed by atoms with E-state index in [4.69, 9.17) is 0 Å². The number of aromatic amines is 1.